The molecule has 2 N–H and O–H groups in total. The Bertz CT molecular complexity index is 2120. The molecule has 2 fully saturated rings. The van der Waals surface area contributed by atoms with Gasteiger partial charge in [-0.25, -0.2) is 13.9 Å². The van der Waals surface area contributed by atoms with Crippen molar-refractivity contribution in [3.05, 3.63) is 95.1 Å². The number of carbonyl (C=O) groups is 1. The molecule has 0 unspecified atom stereocenters. The number of benzene rings is 2. The normalized spacial score (nSPS) is 20.8. The molecule has 3 atom stereocenters. The van der Waals surface area contributed by atoms with Gasteiger partial charge in [0.05, 0.1) is 36.8 Å². The van der Waals surface area contributed by atoms with Gasteiger partial charge >= 0.3 is 6.03 Å². The summed E-state index contributed by atoms with van der Waals surface area (Å²) in [6.45, 7) is 12.7. The molecule has 3 aliphatic rings. The monoisotopic (exact) mass is 735 g/mol. The van der Waals surface area contributed by atoms with Crippen LogP contribution >= 0.6 is 0 Å². The van der Waals surface area contributed by atoms with Crippen LogP contribution in [0.25, 0.3) is 11.3 Å². The average molecular weight is 736 g/mol. The fraction of sp³-hybridized carbons (Fsp3) is 0.463. The molecule has 284 valence electrons. The van der Waals surface area contributed by atoms with E-state index in [2.05, 4.69) is 70.5 Å². The van der Waals surface area contributed by atoms with Crippen molar-refractivity contribution in [2.75, 3.05) is 43.1 Å². The molecule has 0 radical (unpaired) electrons. The first-order chi connectivity index (χ1) is 26.1. The third-order valence-corrected chi connectivity index (χ3v) is 10.9. The number of ether oxygens (including phenoxy) is 2. The van der Waals surface area contributed by atoms with Crippen LogP contribution in [0.2, 0.25) is 0 Å². The molecule has 1 aliphatic carbocycles. The van der Waals surface area contributed by atoms with E-state index in [1.807, 2.05) is 47.0 Å². The van der Waals surface area contributed by atoms with E-state index in [-0.39, 0.29) is 29.4 Å². The molecule has 3 aromatic heterocycles. The van der Waals surface area contributed by atoms with Crippen molar-refractivity contribution in [2.45, 2.75) is 89.9 Å². The molecular formula is C41H50FN9O3. The maximum atomic E-state index is 15.0. The molecule has 5 aromatic rings. The molecule has 54 heavy (non-hydrogen) atoms. The number of nitrogens with zero attached hydrogens (tertiary/aromatic N) is 7. The number of nitrogens with one attached hydrogen (secondary N) is 2. The average Bonchev–Trinajstić information content (AvgIpc) is 3.79. The van der Waals surface area contributed by atoms with Crippen molar-refractivity contribution < 1.29 is 18.7 Å². The molecule has 13 heteroatoms. The topological polar surface area (TPSA) is 114 Å². The summed E-state index contributed by atoms with van der Waals surface area (Å²) in [6, 6.07) is 18.8. The largest absolute Gasteiger partial charge is 0.484 e. The summed E-state index contributed by atoms with van der Waals surface area (Å²) in [6.07, 6.45) is 6.74. The lowest BCUT2D eigenvalue weighted by atomic mass is 9.85. The number of aromatic nitrogens is 5. The van der Waals surface area contributed by atoms with E-state index in [4.69, 9.17) is 14.6 Å². The summed E-state index contributed by atoms with van der Waals surface area (Å²) in [5.74, 6) is 1.84. The summed E-state index contributed by atoms with van der Waals surface area (Å²) in [5.41, 5.74) is 4.63. The second kappa shape index (κ2) is 15.0. The number of morpholine rings is 1. The maximum absolute atomic E-state index is 15.0. The first kappa shape index (κ1) is 36.0. The minimum atomic E-state index is -0.344. The number of halogens is 1. The number of amides is 2. The summed E-state index contributed by atoms with van der Waals surface area (Å²) in [4.78, 5) is 18.3. The van der Waals surface area contributed by atoms with Crippen LogP contribution in [0.3, 0.4) is 0 Å². The third kappa shape index (κ3) is 7.52. The first-order valence-corrected chi connectivity index (χ1v) is 19.2. The van der Waals surface area contributed by atoms with E-state index < -0.39 is 0 Å². The van der Waals surface area contributed by atoms with Gasteiger partial charge in [-0.1, -0.05) is 45.0 Å². The number of carbonyl (C=O) groups excluding carboxylic acids is 1. The van der Waals surface area contributed by atoms with Gasteiger partial charge < -0.3 is 19.7 Å². The molecule has 0 spiro atoms. The van der Waals surface area contributed by atoms with Crippen LogP contribution in [0, 0.1) is 5.82 Å². The van der Waals surface area contributed by atoms with Gasteiger partial charge in [0.25, 0.3) is 0 Å². The molecule has 2 aliphatic heterocycles. The van der Waals surface area contributed by atoms with Gasteiger partial charge in [-0.15, -0.1) is 10.2 Å². The second-order valence-corrected chi connectivity index (χ2v) is 15.8. The minimum absolute atomic E-state index is 0.186. The number of urea groups is 1. The fourth-order valence-electron chi connectivity index (χ4n) is 7.87. The van der Waals surface area contributed by atoms with Crippen LogP contribution in [-0.2, 0) is 16.7 Å². The quantitative estimate of drug-likeness (QED) is 0.170. The Morgan fingerprint density at radius 3 is 2.57 bits per heavy atom. The molecule has 2 aromatic carbocycles. The molecule has 5 heterocycles. The van der Waals surface area contributed by atoms with Crippen LogP contribution in [0.15, 0.2) is 66.9 Å². The highest BCUT2D eigenvalue weighted by Crippen LogP contribution is 2.39. The van der Waals surface area contributed by atoms with Crippen molar-refractivity contribution in [2.24, 2.45) is 0 Å². The van der Waals surface area contributed by atoms with Gasteiger partial charge in [-0.3, -0.25) is 14.6 Å². The Morgan fingerprint density at radius 2 is 1.78 bits per heavy atom. The summed E-state index contributed by atoms with van der Waals surface area (Å²) in [5, 5.41) is 20.2. The SMILES string of the molecule is C[C@H]1CCCCN1c1nnc2ccc(O[C@@H]3CC[C@H](NC(=O)Nc4cc(C(C)(C)C)nn4-c4ccc(F)c(CN5CCOCC5)c4)c4ccccc43)cn12. The highest BCUT2D eigenvalue weighted by Gasteiger charge is 2.31. The fourth-order valence-corrected chi connectivity index (χ4v) is 7.87. The Kier molecular flexibility index (Phi) is 10.0. The zero-order valence-electron chi connectivity index (χ0n) is 31.6. The highest BCUT2D eigenvalue weighted by molar-refractivity contribution is 5.89. The number of pyridine rings is 1. The molecule has 2 amide bonds. The molecular weight excluding hydrogens is 686 g/mol. The zero-order chi connectivity index (χ0) is 37.4. The van der Waals surface area contributed by atoms with Crippen molar-refractivity contribution in [1.29, 1.82) is 0 Å². The van der Waals surface area contributed by atoms with E-state index >= 15 is 4.39 Å². The Labute approximate surface area is 315 Å². The van der Waals surface area contributed by atoms with Crippen molar-refractivity contribution >= 4 is 23.4 Å². The van der Waals surface area contributed by atoms with E-state index in [0.717, 1.165) is 66.6 Å². The Morgan fingerprint density at radius 1 is 0.963 bits per heavy atom. The standard InChI is InChI=1S/C41H50FN9O3/c1-27-9-7-8-18-49(27)40-46-45-37-17-13-30(26-50(37)40)54-35-16-15-34(31-10-5-6-11-32(31)35)43-39(52)44-38-24-36(41(2,3)4)47-51(38)29-12-14-33(42)28(23-29)25-48-19-21-53-22-20-48/h5-6,10-14,17,23-24,26-27,34-35H,7-9,15-16,18-22,25H2,1-4H3,(H2,43,44,52)/t27-,34-,35+/m0/s1. The number of hydrogen-bond acceptors (Lipinski definition) is 8. The van der Waals surface area contributed by atoms with Crippen molar-refractivity contribution in [3.63, 3.8) is 0 Å². The first-order valence-electron chi connectivity index (χ1n) is 19.2. The van der Waals surface area contributed by atoms with Crippen LogP contribution in [0.5, 0.6) is 5.75 Å². The van der Waals surface area contributed by atoms with Gasteiger partial charge in [-0.2, -0.15) is 5.10 Å². The van der Waals surface area contributed by atoms with Gasteiger partial charge in [-0.05, 0) is 80.5 Å². The lowest BCUT2D eigenvalue weighted by molar-refractivity contribution is 0.0337. The second-order valence-electron chi connectivity index (χ2n) is 15.8. The Balaban J connectivity index is 0.995. The minimum Gasteiger partial charge on any atom is -0.484 e. The maximum Gasteiger partial charge on any atom is 0.320 e. The van der Waals surface area contributed by atoms with E-state index in [9.17, 15) is 4.79 Å². The number of anilines is 2. The molecule has 2 saturated heterocycles. The lowest BCUT2D eigenvalue weighted by Crippen LogP contribution is -2.38. The highest BCUT2D eigenvalue weighted by atomic mass is 19.1. The van der Waals surface area contributed by atoms with E-state index in [1.165, 1.54) is 12.5 Å². The summed E-state index contributed by atoms with van der Waals surface area (Å²) in [7, 11) is 0. The van der Waals surface area contributed by atoms with Crippen LogP contribution in [0.4, 0.5) is 21.0 Å². The van der Waals surface area contributed by atoms with Gasteiger partial charge in [0.1, 0.15) is 23.5 Å². The van der Waals surface area contributed by atoms with Gasteiger partial charge in [0.15, 0.2) is 5.65 Å². The Hall–Kier alpha value is -5.01. The number of hydrogen-bond donors (Lipinski definition) is 2. The van der Waals surface area contributed by atoms with Crippen molar-refractivity contribution in [3.8, 4) is 11.4 Å². The smallest absolute Gasteiger partial charge is 0.320 e. The molecule has 12 nitrogen and oxygen atoms in total. The summed E-state index contributed by atoms with van der Waals surface area (Å²) >= 11 is 0. The molecule has 8 rings (SSSR count). The predicted molar refractivity (Wildman–Crippen MR) is 206 cm³/mol. The lowest BCUT2D eigenvalue weighted by Gasteiger charge is -2.33. The van der Waals surface area contributed by atoms with Crippen LogP contribution in [-0.4, -0.2) is 74.2 Å². The number of piperidine rings is 1. The van der Waals surface area contributed by atoms with Crippen molar-refractivity contribution in [1.82, 2.24) is 34.6 Å². The van der Waals surface area contributed by atoms with Gasteiger partial charge in [0.2, 0.25) is 5.95 Å². The summed E-state index contributed by atoms with van der Waals surface area (Å²) < 4.78 is 30.9. The van der Waals surface area contributed by atoms with E-state index in [0.29, 0.717) is 55.7 Å². The molecule has 0 saturated carbocycles. The molecule has 0 bridgehead atoms. The number of fused-ring (bicyclic) bond motifs is 2. The van der Waals surface area contributed by atoms with E-state index in [1.54, 1.807) is 10.7 Å². The third-order valence-electron chi connectivity index (χ3n) is 10.9. The van der Waals surface area contributed by atoms with Crippen LogP contribution < -0.4 is 20.3 Å². The van der Waals surface area contributed by atoms with Gasteiger partial charge in [0, 0.05) is 49.3 Å². The van der Waals surface area contributed by atoms with Crippen LogP contribution in [0.1, 0.15) is 94.3 Å². The predicted octanol–water partition coefficient (Wildman–Crippen LogP) is 7.34. The zero-order valence-corrected chi connectivity index (χ0v) is 31.6. The number of rotatable bonds is 8.